The highest BCUT2D eigenvalue weighted by atomic mass is 32.1. The molecule has 106 valence electrons. The summed E-state index contributed by atoms with van der Waals surface area (Å²) in [5.41, 5.74) is -0.648. The summed E-state index contributed by atoms with van der Waals surface area (Å²) in [6, 6.07) is 7.64. The van der Waals surface area contributed by atoms with Crippen LogP contribution in [0, 0.1) is 0 Å². The molecule has 1 atom stereocenters. The van der Waals surface area contributed by atoms with Gasteiger partial charge in [0.05, 0.1) is 16.8 Å². The number of nitrogens with zero attached hydrogens (tertiary/aromatic N) is 2. The molecule has 8 heteroatoms. The van der Waals surface area contributed by atoms with Gasteiger partial charge in [-0.2, -0.15) is 0 Å². The van der Waals surface area contributed by atoms with E-state index in [-0.39, 0.29) is 18.9 Å². The van der Waals surface area contributed by atoms with Crippen LogP contribution in [-0.2, 0) is 18.9 Å². The lowest BCUT2D eigenvalue weighted by Gasteiger charge is -2.16. The van der Waals surface area contributed by atoms with Crippen molar-refractivity contribution in [3.63, 3.8) is 0 Å². The second kappa shape index (κ2) is 4.36. The number of hydrogen-bond acceptors (Lipinski definition) is 7. The number of fused-ring (bicyclic) bond motifs is 1. The highest BCUT2D eigenvalue weighted by Gasteiger charge is 2.62. The molecule has 1 unspecified atom stereocenters. The number of likely N-dealkylation sites (tertiary alicyclic amines) is 1. The summed E-state index contributed by atoms with van der Waals surface area (Å²) in [6.45, 7) is 0.424. The van der Waals surface area contributed by atoms with Crippen molar-refractivity contribution >= 4 is 45.3 Å². The summed E-state index contributed by atoms with van der Waals surface area (Å²) in [6.07, 6.45) is 0. The van der Waals surface area contributed by atoms with Gasteiger partial charge >= 0.3 is 13.1 Å². The van der Waals surface area contributed by atoms with Crippen LogP contribution in [0.1, 0.15) is 0 Å². The minimum Gasteiger partial charge on any atom is -0.502 e. The lowest BCUT2D eigenvalue weighted by molar-refractivity contribution is -0.148. The van der Waals surface area contributed by atoms with Crippen LogP contribution in [0.25, 0.3) is 10.2 Å². The van der Waals surface area contributed by atoms with Crippen molar-refractivity contribution in [3.05, 3.63) is 24.3 Å². The van der Waals surface area contributed by atoms with E-state index < -0.39 is 18.7 Å². The molecular weight excluding hydrogens is 291 g/mol. The Morgan fingerprint density at radius 3 is 2.90 bits per heavy atom. The Hall–Kier alpha value is -1.77. The van der Waals surface area contributed by atoms with Gasteiger partial charge in [0.15, 0.2) is 5.78 Å². The highest BCUT2D eigenvalue weighted by molar-refractivity contribution is 7.27. The van der Waals surface area contributed by atoms with Gasteiger partial charge < -0.3 is 9.31 Å². The van der Waals surface area contributed by atoms with Crippen LogP contribution in [0.5, 0.6) is 0 Å². The van der Waals surface area contributed by atoms with Gasteiger partial charge in [0.25, 0.3) is 0 Å². The Morgan fingerprint density at radius 1 is 1.38 bits per heavy atom. The van der Waals surface area contributed by atoms with E-state index in [2.05, 4.69) is 4.98 Å². The Balaban J connectivity index is 1.69. The van der Waals surface area contributed by atoms with E-state index in [1.54, 1.807) is 11.9 Å². The molecule has 0 amide bonds. The average Bonchev–Trinajstić information content (AvgIpc) is 3.08. The summed E-state index contributed by atoms with van der Waals surface area (Å²) in [4.78, 5) is 31.0. The predicted octanol–water partition coefficient (Wildman–Crippen LogP) is -0.182. The predicted molar refractivity (Wildman–Crippen MR) is 77.4 cm³/mol. The van der Waals surface area contributed by atoms with E-state index in [4.69, 9.17) is 9.31 Å². The lowest BCUT2D eigenvalue weighted by Crippen LogP contribution is -2.46. The number of carbonyl (C=O) groups excluding carboxylic acids is 2. The number of Topliss-reactive ketones (excluding diaryl/α,β-unsaturated/α-hetero) is 1. The summed E-state index contributed by atoms with van der Waals surface area (Å²) in [7, 11) is 0.874. The number of hydrogen-bond donors (Lipinski definition) is 0. The smallest absolute Gasteiger partial charge is 0.502 e. The molecule has 1 aromatic carbocycles. The van der Waals surface area contributed by atoms with E-state index in [1.807, 2.05) is 24.3 Å². The monoisotopic (exact) mass is 302 g/mol. The quantitative estimate of drug-likeness (QED) is 0.538. The molecule has 6 nitrogen and oxygen atoms in total. The van der Waals surface area contributed by atoms with Gasteiger partial charge in [-0.1, -0.05) is 12.1 Å². The first kappa shape index (κ1) is 12.9. The first-order chi connectivity index (χ1) is 10.1. The number of thiazole rings is 1. The summed E-state index contributed by atoms with van der Waals surface area (Å²) in [5.74, 6) is -0.861. The molecule has 2 aliphatic heterocycles. The van der Waals surface area contributed by atoms with Crippen LogP contribution in [0.4, 0.5) is 0 Å². The summed E-state index contributed by atoms with van der Waals surface area (Å²) in [5, 5.41) is 0. The van der Waals surface area contributed by atoms with Crippen molar-refractivity contribution in [2.24, 2.45) is 0 Å². The maximum atomic E-state index is 12.1. The Bertz CT molecular complexity index is 730. The molecule has 2 aliphatic rings. The van der Waals surface area contributed by atoms with Gasteiger partial charge in [-0.25, -0.2) is 4.98 Å². The molecule has 0 aliphatic carbocycles. The van der Waals surface area contributed by atoms with Crippen LogP contribution in [0.3, 0.4) is 0 Å². The Kier molecular flexibility index (Phi) is 2.69. The SMILES string of the molecule is CN1CC(=O)C2(C1)OB(c1nc3ccccc3s1)OC2=O. The van der Waals surface area contributed by atoms with Crippen molar-refractivity contribution < 1.29 is 18.9 Å². The fourth-order valence-electron chi connectivity index (χ4n) is 2.72. The molecule has 0 N–H and O–H groups in total. The molecule has 0 bridgehead atoms. The van der Waals surface area contributed by atoms with Gasteiger partial charge in [0, 0.05) is 6.54 Å². The molecule has 0 saturated carbocycles. The average molecular weight is 302 g/mol. The zero-order valence-corrected chi connectivity index (χ0v) is 12.1. The molecule has 0 radical (unpaired) electrons. The van der Waals surface area contributed by atoms with Crippen LogP contribution < -0.4 is 4.91 Å². The van der Waals surface area contributed by atoms with E-state index in [0.29, 0.717) is 4.91 Å². The number of rotatable bonds is 1. The lowest BCUT2D eigenvalue weighted by atomic mass is 9.92. The van der Waals surface area contributed by atoms with Crippen molar-refractivity contribution in [1.82, 2.24) is 9.88 Å². The van der Waals surface area contributed by atoms with Crippen LogP contribution in [-0.4, -0.2) is 54.5 Å². The third-order valence-corrected chi connectivity index (χ3v) is 4.78. The van der Waals surface area contributed by atoms with Crippen molar-refractivity contribution in [2.45, 2.75) is 5.60 Å². The minimum absolute atomic E-state index is 0.196. The standard InChI is InChI=1S/C13H11BN2O4S/c1-16-6-10(17)13(7-16)11(18)19-14(20-13)12-15-8-4-2-3-5-9(8)21-12/h2-5H,6-7H2,1H3. The Labute approximate surface area is 124 Å². The van der Waals surface area contributed by atoms with E-state index in [1.165, 1.54) is 11.3 Å². The van der Waals surface area contributed by atoms with Crippen molar-refractivity contribution in [1.29, 1.82) is 0 Å². The number of benzene rings is 1. The van der Waals surface area contributed by atoms with Gasteiger partial charge in [-0.3, -0.25) is 14.5 Å². The molecule has 4 rings (SSSR count). The number of carbonyl (C=O) groups is 2. The highest BCUT2D eigenvalue weighted by Crippen LogP contribution is 2.30. The summed E-state index contributed by atoms with van der Waals surface area (Å²) < 4.78 is 12.0. The maximum absolute atomic E-state index is 12.1. The fourth-order valence-corrected chi connectivity index (χ4v) is 3.64. The zero-order chi connectivity index (χ0) is 14.6. The van der Waals surface area contributed by atoms with Crippen molar-refractivity contribution in [3.8, 4) is 0 Å². The Morgan fingerprint density at radius 2 is 2.19 bits per heavy atom. The largest absolute Gasteiger partial charge is 0.596 e. The zero-order valence-electron chi connectivity index (χ0n) is 11.2. The van der Waals surface area contributed by atoms with Gasteiger partial charge in [-0.05, 0) is 19.2 Å². The summed E-state index contributed by atoms with van der Waals surface area (Å²) >= 11 is 1.40. The second-order valence-corrected chi connectivity index (χ2v) is 6.36. The number of para-hydroxylation sites is 1. The molecule has 21 heavy (non-hydrogen) atoms. The van der Waals surface area contributed by atoms with Gasteiger partial charge in [-0.15, -0.1) is 11.3 Å². The van der Waals surface area contributed by atoms with E-state index in [9.17, 15) is 9.59 Å². The molecule has 2 fully saturated rings. The molecular formula is C13H11BN2O4S. The normalized spacial score (nSPS) is 26.2. The first-order valence-corrected chi connectivity index (χ1v) is 7.36. The molecule has 1 spiro atoms. The third kappa shape index (κ3) is 1.83. The number of aromatic nitrogens is 1. The topological polar surface area (TPSA) is 68.7 Å². The third-order valence-electron chi connectivity index (χ3n) is 3.72. The van der Waals surface area contributed by atoms with Gasteiger partial charge in [0.2, 0.25) is 5.60 Å². The number of likely N-dealkylation sites (N-methyl/N-ethyl adjacent to an activating group) is 1. The minimum atomic E-state index is -1.47. The molecule has 2 aromatic rings. The maximum Gasteiger partial charge on any atom is 0.596 e. The van der Waals surface area contributed by atoms with Crippen LogP contribution in [0.15, 0.2) is 24.3 Å². The first-order valence-electron chi connectivity index (χ1n) is 6.55. The van der Waals surface area contributed by atoms with Crippen LogP contribution >= 0.6 is 11.3 Å². The van der Waals surface area contributed by atoms with Gasteiger partial charge in [0.1, 0.15) is 4.91 Å². The van der Waals surface area contributed by atoms with E-state index in [0.717, 1.165) is 10.2 Å². The molecule has 1 aromatic heterocycles. The number of ketones is 1. The van der Waals surface area contributed by atoms with Crippen molar-refractivity contribution in [2.75, 3.05) is 20.1 Å². The molecule has 2 saturated heterocycles. The second-order valence-electron chi connectivity index (χ2n) is 5.30. The van der Waals surface area contributed by atoms with E-state index >= 15 is 0 Å². The fraction of sp³-hybridized carbons (Fsp3) is 0.308. The molecule has 3 heterocycles. The van der Waals surface area contributed by atoms with Crippen LogP contribution in [0.2, 0.25) is 0 Å².